The number of imidazole rings is 1. The molecule has 7 heteroatoms. The lowest BCUT2D eigenvalue weighted by atomic mass is 10.4. The molecular formula is C12H10Cl2N4S. The van der Waals surface area contributed by atoms with Gasteiger partial charge in [0, 0.05) is 11.6 Å². The molecule has 0 saturated carbocycles. The normalized spacial score (nSPS) is 11.3. The molecule has 19 heavy (non-hydrogen) atoms. The average Bonchev–Trinajstić information content (AvgIpc) is 2.94. The average molecular weight is 313 g/mol. The molecule has 0 saturated heterocycles. The Bertz CT molecular complexity index is 734. The van der Waals surface area contributed by atoms with Gasteiger partial charge in [-0.2, -0.15) is 0 Å². The summed E-state index contributed by atoms with van der Waals surface area (Å²) in [7, 11) is 0. The number of pyridine rings is 1. The number of nitrogens with zero attached hydrogens (tertiary/aromatic N) is 4. The van der Waals surface area contributed by atoms with Gasteiger partial charge in [0.25, 0.3) is 0 Å². The van der Waals surface area contributed by atoms with Crippen LogP contribution in [0.25, 0.3) is 11.2 Å². The summed E-state index contributed by atoms with van der Waals surface area (Å²) in [6.45, 7) is 2.61. The fraction of sp³-hybridized carbons (Fsp3) is 0.250. The number of thiazole rings is 1. The van der Waals surface area contributed by atoms with E-state index >= 15 is 0 Å². The van der Waals surface area contributed by atoms with Gasteiger partial charge in [-0.05, 0) is 13.0 Å². The van der Waals surface area contributed by atoms with Crippen LogP contribution in [0.15, 0.2) is 17.6 Å². The summed E-state index contributed by atoms with van der Waals surface area (Å²) in [5.74, 6) is 1.11. The van der Waals surface area contributed by atoms with Crippen molar-refractivity contribution in [1.29, 1.82) is 0 Å². The summed E-state index contributed by atoms with van der Waals surface area (Å²) in [5.41, 5.74) is 2.53. The van der Waals surface area contributed by atoms with Crippen molar-refractivity contribution in [1.82, 2.24) is 19.5 Å². The molecule has 0 spiro atoms. The molecule has 0 aliphatic carbocycles. The van der Waals surface area contributed by atoms with Gasteiger partial charge >= 0.3 is 0 Å². The first-order valence-corrected chi connectivity index (χ1v) is 7.44. The van der Waals surface area contributed by atoms with Crippen LogP contribution >= 0.6 is 34.5 Å². The van der Waals surface area contributed by atoms with Gasteiger partial charge in [-0.15, -0.1) is 22.9 Å². The number of aryl methyl sites for hydroxylation is 1. The van der Waals surface area contributed by atoms with Gasteiger partial charge in [-0.3, -0.25) is 0 Å². The molecule has 4 nitrogen and oxygen atoms in total. The summed E-state index contributed by atoms with van der Waals surface area (Å²) in [6.07, 6.45) is 1.62. The lowest BCUT2D eigenvalue weighted by Crippen LogP contribution is -2.05. The standard InChI is InChI=1S/C12H10Cl2N4S/c1-7-16-9(6-19-7)5-18-11(3-13)17-10-2-8(14)4-15-12(10)18/h2,4,6H,3,5H2,1H3. The van der Waals surface area contributed by atoms with Crippen molar-refractivity contribution in [3.63, 3.8) is 0 Å². The molecule has 3 aromatic heterocycles. The maximum absolute atomic E-state index is 5.95. The van der Waals surface area contributed by atoms with E-state index in [-0.39, 0.29) is 0 Å². The van der Waals surface area contributed by atoms with Crippen LogP contribution in [0.1, 0.15) is 16.5 Å². The van der Waals surface area contributed by atoms with Crippen LogP contribution in [-0.2, 0) is 12.4 Å². The molecule has 3 heterocycles. The van der Waals surface area contributed by atoms with Crippen LogP contribution in [0.4, 0.5) is 0 Å². The van der Waals surface area contributed by atoms with Crippen molar-refractivity contribution in [3.8, 4) is 0 Å². The van der Waals surface area contributed by atoms with Gasteiger partial charge in [0.15, 0.2) is 5.65 Å². The van der Waals surface area contributed by atoms with Gasteiger partial charge in [0.1, 0.15) is 11.3 Å². The van der Waals surface area contributed by atoms with Gasteiger partial charge in [0.05, 0.1) is 28.1 Å². The molecule has 98 valence electrons. The largest absolute Gasteiger partial charge is 0.306 e. The van der Waals surface area contributed by atoms with E-state index in [1.54, 1.807) is 23.6 Å². The van der Waals surface area contributed by atoms with Crippen LogP contribution < -0.4 is 0 Å². The molecule has 0 aliphatic rings. The van der Waals surface area contributed by atoms with E-state index in [0.29, 0.717) is 17.4 Å². The predicted octanol–water partition coefficient (Wildman–Crippen LogP) is 3.64. The second-order valence-electron chi connectivity index (χ2n) is 4.10. The Morgan fingerprint density at radius 2 is 2.21 bits per heavy atom. The van der Waals surface area contributed by atoms with Gasteiger partial charge in [-0.1, -0.05) is 11.6 Å². The minimum absolute atomic E-state index is 0.330. The first kappa shape index (κ1) is 12.8. The number of hydrogen-bond acceptors (Lipinski definition) is 4. The van der Waals surface area contributed by atoms with Crippen molar-refractivity contribution in [2.75, 3.05) is 0 Å². The van der Waals surface area contributed by atoms with E-state index in [1.165, 1.54) is 0 Å². The second kappa shape index (κ2) is 5.07. The Kier molecular flexibility index (Phi) is 3.43. The van der Waals surface area contributed by atoms with E-state index in [2.05, 4.69) is 15.0 Å². The molecule has 0 aromatic carbocycles. The highest BCUT2D eigenvalue weighted by atomic mass is 35.5. The molecule has 3 aromatic rings. The Balaban J connectivity index is 2.10. The monoisotopic (exact) mass is 312 g/mol. The maximum atomic E-state index is 5.95. The van der Waals surface area contributed by atoms with Crippen LogP contribution in [0.5, 0.6) is 0 Å². The second-order valence-corrected chi connectivity index (χ2v) is 5.87. The molecule has 0 radical (unpaired) electrons. The van der Waals surface area contributed by atoms with Crippen LogP contribution in [0.2, 0.25) is 5.02 Å². The highest BCUT2D eigenvalue weighted by molar-refractivity contribution is 7.09. The fourth-order valence-corrected chi connectivity index (χ4v) is 2.90. The van der Waals surface area contributed by atoms with Crippen molar-refractivity contribution < 1.29 is 0 Å². The zero-order valence-corrected chi connectivity index (χ0v) is 12.4. The molecule has 0 aliphatic heterocycles. The summed E-state index contributed by atoms with van der Waals surface area (Å²) < 4.78 is 1.98. The SMILES string of the molecule is Cc1nc(Cn2c(CCl)nc3cc(Cl)cnc32)cs1. The van der Waals surface area contributed by atoms with Gasteiger partial charge in [0.2, 0.25) is 0 Å². The van der Waals surface area contributed by atoms with E-state index in [9.17, 15) is 0 Å². The third kappa shape index (κ3) is 2.45. The lowest BCUT2D eigenvalue weighted by Gasteiger charge is -2.04. The van der Waals surface area contributed by atoms with Crippen molar-refractivity contribution in [3.05, 3.63) is 39.2 Å². The van der Waals surface area contributed by atoms with E-state index in [0.717, 1.165) is 27.7 Å². The van der Waals surface area contributed by atoms with E-state index in [1.807, 2.05) is 16.9 Å². The zero-order valence-electron chi connectivity index (χ0n) is 10.1. The van der Waals surface area contributed by atoms with E-state index < -0.39 is 0 Å². The molecule has 0 N–H and O–H groups in total. The molecule has 3 rings (SSSR count). The molecular weight excluding hydrogens is 303 g/mol. The minimum Gasteiger partial charge on any atom is -0.306 e. The summed E-state index contributed by atoms with van der Waals surface area (Å²) >= 11 is 13.5. The number of rotatable bonds is 3. The topological polar surface area (TPSA) is 43.6 Å². The summed E-state index contributed by atoms with van der Waals surface area (Å²) in [4.78, 5) is 13.3. The highest BCUT2D eigenvalue weighted by Gasteiger charge is 2.13. The quantitative estimate of drug-likeness (QED) is 0.693. The summed E-state index contributed by atoms with van der Waals surface area (Å²) in [5, 5.41) is 3.65. The van der Waals surface area contributed by atoms with Crippen LogP contribution in [-0.4, -0.2) is 19.5 Å². The van der Waals surface area contributed by atoms with E-state index in [4.69, 9.17) is 23.2 Å². The molecule has 0 atom stereocenters. The zero-order chi connectivity index (χ0) is 13.4. The first-order valence-electron chi connectivity index (χ1n) is 5.65. The number of alkyl halides is 1. The Hall–Kier alpha value is -1.17. The van der Waals surface area contributed by atoms with Crippen molar-refractivity contribution >= 4 is 45.7 Å². The maximum Gasteiger partial charge on any atom is 0.160 e. The third-order valence-electron chi connectivity index (χ3n) is 2.74. The summed E-state index contributed by atoms with van der Waals surface area (Å²) in [6, 6.07) is 1.79. The fourth-order valence-electron chi connectivity index (χ4n) is 1.94. The Morgan fingerprint density at radius 3 is 2.89 bits per heavy atom. The van der Waals surface area contributed by atoms with Crippen molar-refractivity contribution in [2.24, 2.45) is 0 Å². The predicted molar refractivity (Wildman–Crippen MR) is 78.0 cm³/mol. The number of halogens is 2. The van der Waals surface area contributed by atoms with Gasteiger partial charge in [-0.25, -0.2) is 15.0 Å². The molecule has 0 amide bonds. The van der Waals surface area contributed by atoms with Crippen molar-refractivity contribution in [2.45, 2.75) is 19.3 Å². The number of hydrogen-bond donors (Lipinski definition) is 0. The molecule has 0 bridgehead atoms. The Labute approximate surface area is 124 Å². The Morgan fingerprint density at radius 1 is 1.37 bits per heavy atom. The third-order valence-corrected chi connectivity index (χ3v) is 4.00. The van der Waals surface area contributed by atoms with Crippen LogP contribution in [0, 0.1) is 6.92 Å². The highest BCUT2D eigenvalue weighted by Crippen LogP contribution is 2.21. The number of fused-ring (bicyclic) bond motifs is 1. The smallest absolute Gasteiger partial charge is 0.160 e. The molecule has 0 fully saturated rings. The number of aromatic nitrogens is 4. The first-order chi connectivity index (χ1) is 9.17. The van der Waals surface area contributed by atoms with Gasteiger partial charge < -0.3 is 4.57 Å². The molecule has 0 unspecified atom stereocenters. The minimum atomic E-state index is 0.330. The van der Waals surface area contributed by atoms with Crippen LogP contribution in [0.3, 0.4) is 0 Å². The lowest BCUT2D eigenvalue weighted by molar-refractivity contribution is 0.754.